The zero-order valence-electron chi connectivity index (χ0n) is 18.8. The van der Waals surface area contributed by atoms with Crippen LogP contribution in [-0.2, 0) is 4.79 Å². The van der Waals surface area contributed by atoms with Gasteiger partial charge in [0, 0.05) is 36.0 Å². The van der Waals surface area contributed by atoms with Gasteiger partial charge in [0.25, 0.3) is 0 Å². The van der Waals surface area contributed by atoms with Crippen molar-refractivity contribution >= 4 is 40.2 Å². The molecule has 32 heavy (non-hydrogen) atoms. The van der Waals surface area contributed by atoms with Gasteiger partial charge >= 0.3 is 5.97 Å². The molecule has 1 aromatic heterocycles. The summed E-state index contributed by atoms with van der Waals surface area (Å²) < 4.78 is 5.32. The first-order chi connectivity index (χ1) is 15.4. The lowest BCUT2D eigenvalue weighted by Crippen LogP contribution is -2.44. The molecule has 176 valence electrons. The molecule has 6 nitrogen and oxygen atoms in total. The summed E-state index contributed by atoms with van der Waals surface area (Å²) in [6, 6.07) is 5.50. The van der Waals surface area contributed by atoms with Crippen molar-refractivity contribution in [3.63, 3.8) is 0 Å². The summed E-state index contributed by atoms with van der Waals surface area (Å²) in [4.78, 5) is 18.6. The van der Waals surface area contributed by atoms with Crippen LogP contribution in [0, 0.1) is 11.8 Å². The van der Waals surface area contributed by atoms with Crippen LogP contribution >= 0.6 is 23.4 Å². The molecule has 2 heterocycles. The first kappa shape index (κ1) is 25.1. The molecule has 0 amide bonds. The van der Waals surface area contributed by atoms with E-state index in [2.05, 4.69) is 16.8 Å². The number of halogens is 1. The van der Waals surface area contributed by atoms with E-state index in [0.717, 1.165) is 48.3 Å². The Morgan fingerprint density at radius 2 is 2.22 bits per heavy atom. The van der Waals surface area contributed by atoms with E-state index in [1.54, 1.807) is 13.3 Å². The highest BCUT2D eigenvalue weighted by atomic mass is 35.5. The van der Waals surface area contributed by atoms with Gasteiger partial charge in [-0.25, -0.2) is 0 Å². The zero-order valence-corrected chi connectivity index (χ0v) is 20.4. The molecule has 0 radical (unpaired) electrons. The van der Waals surface area contributed by atoms with Gasteiger partial charge in [-0.15, -0.1) is 0 Å². The number of aliphatic hydroxyl groups is 1. The van der Waals surface area contributed by atoms with Crippen molar-refractivity contribution in [2.75, 3.05) is 38.2 Å². The van der Waals surface area contributed by atoms with Crippen LogP contribution in [0.1, 0.15) is 44.3 Å². The van der Waals surface area contributed by atoms with E-state index < -0.39 is 18.0 Å². The number of pyridine rings is 1. The van der Waals surface area contributed by atoms with Crippen LogP contribution in [0.25, 0.3) is 10.9 Å². The van der Waals surface area contributed by atoms with Crippen LogP contribution < -0.4 is 4.74 Å². The SMILES string of the molecule is CCCSCCN1CCC(CCC(O)c2c(Cl)cnc3ccc(OC)cc23)C(C(=O)O)C1. The van der Waals surface area contributed by atoms with Gasteiger partial charge in [0.2, 0.25) is 0 Å². The molecule has 1 fully saturated rings. The van der Waals surface area contributed by atoms with Crippen LogP contribution in [0.5, 0.6) is 5.75 Å². The number of benzene rings is 1. The molecular formula is C24H33ClN2O4S. The normalized spacial score (nSPS) is 20.4. The standard InChI is InChI=1S/C24H33ClN2O4S/c1-3-11-32-12-10-27-9-8-16(19(15-27)24(29)30)4-7-22(28)23-18-13-17(31-2)5-6-21(18)26-14-20(23)25/h5-6,13-14,16,19,22,28H,3-4,7-12,15H2,1-2H3,(H,29,30). The Morgan fingerprint density at radius 1 is 1.41 bits per heavy atom. The second-order valence-corrected chi connectivity index (χ2v) is 10.0. The number of nitrogens with zero attached hydrogens (tertiary/aromatic N) is 2. The molecular weight excluding hydrogens is 448 g/mol. The fourth-order valence-corrected chi connectivity index (χ4v) is 5.64. The van der Waals surface area contributed by atoms with Gasteiger partial charge in [0.1, 0.15) is 5.75 Å². The highest BCUT2D eigenvalue weighted by Gasteiger charge is 2.34. The van der Waals surface area contributed by atoms with Crippen molar-refractivity contribution in [2.24, 2.45) is 11.8 Å². The third kappa shape index (κ3) is 6.28. The molecule has 8 heteroatoms. The van der Waals surface area contributed by atoms with E-state index in [0.29, 0.717) is 35.7 Å². The van der Waals surface area contributed by atoms with E-state index in [1.807, 2.05) is 30.0 Å². The number of rotatable bonds is 11. The van der Waals surface area contributed by atoms with Crippen molar-refractivity contribution in [3.8, 4) is 5.75 Å². The molecule has 1 aliphatic rings. The predicted octanol–water partition coefficient (Wildman–Crippen LogP) is 4.88. The number of aliphatic carboxylic acids is 1. The average Bonchev–Trinajstić information content (AvgIpc) is 2.80. The highest BCUT2D eigenvalue weighted by molar-refractivity contribution is 7.99. The smallest absolute Gasteiger partial charge is 0.308 e. The minimum Gasteiger partial charge on any atom is -0.497 e. The highest BCUT2D eigenvalue weighted by Crippen LogP contribution is 2.36. The summed E-state index contributed by atoms with van der Waals surface area (Å²) in [6.07, 6.45) is 3.86. The number of aromatic nitrogens is 1. The van der Waals surface area contributed by atoms with Crippen LogP contribution in [0.15, 0.2) is 24.4 Å². The summed E-state index contributed by atoms with van der Waals surface area (Å²) >= 11 is 8.34. The fourth-order valence-electron chi connectivity index (χ4n) is 4.49. The minimum atomic E-state index is -0.793. The Labute approximate surface area is 199 Å². The maximum absolute atomic E-state index is 12.0. The number of carboxylic acid groups (broad SMARTS) is 1. The number of hydrogen-bond acceptors (Lipinski definition) is 6. The van der Waals surface area contributed by atoms with E-state index in [-0.39, 0.29) is 5.92 Å². The second kappa shape index (κ2) is 12.1. The number of methoxy groups -OCH3 is 1. The van der Waals surface area contributed by atoms with Crippen LogP contribution in [0.3, 0.4) is 0 Å². The van der Waals surface area contributed by atoms with Crippen molar-refractivity contribution in [1.29, 1.82) is 0 Å². The molecule has 0 spiro atoms. The molecule has 1 aromatic carbocycles. The Balaban J connectivity index is 1.66. The number of likely N-dealkylation sites (tertiary alicyclic amines) is 1. The Kier molecular flexibility index (Phi) is 9.46. The monoisotopic (exact) mass is 480 g/mol. The van der Waals surface area contributed by atoms with Gasteiger partial charge in [-0.3, -0.25) is 9.78 Å². The minimum absolute atomic E-state index is 0.0445. The van der Waals surface area contributed by atoms with E-state index in [4.69, 9.17) is 16.3 Å². The maximum atomic E-state index is 12.0. The van der Waals surface area contributed by atoms with Crippen LogP contribution in [0.4, 0.5) is 0 Å². The molecule has 1 aliphatic heterocycles. The van der Waals surface area contributed by atoms with Gasteiger partial charge in [-0.2, -0.15) is 11.8 Å². The van der Waals surface area contributed by atoms with Gasteiger partial charge in [-0.05, 0) is 62.1 Å². The maximum Gasteiger partial charge on any atom is 0.308 e. The lowest BCUT2D eigenvalue weighted by atomic mass is 9.81. The summed E-state index contributed by atoms with van der Waals surface area (Å²) in [5.41, 5.74) is 1.37. The Hall–Kier alpha value is -1.54. The third-order valence-corrected chi connectivity index (χ3v) is 7.74. The molecule has 1 saturated heterocycles. The molecule has 0 bridgehead atoms. The van der Waals surface area contributed by atoms with Gasteiger partial charge in [-0.1, -0.05) is 18.5 Å². The number of thioether (sulfide) groups is 1. The van der Waals surface area contributed by atoms with Crippen molar-refractivity contribution in [1.82, 2.24) is 9.88 Å². The topological polar surface area (TPSA) is 82.9 Å². The number of ether oxygens (including phenoxy) is 1. The number of piperidine rings is 1. The quantitative estimate of drug-likeness (QED) is 0.443. The summed E-state index contributed by atoms with van der Waals surface area (Å²) in [5.74, 6) is 1.76. The average molecular weight is 481 g/mol. The van der Waals surface area contributed by atoms with Crippen LogP contribution in [0.2, 0.25) is 5.02 Å². The number of hydrogen-bond donors (Lipinski definition) is 2. The molecule has 0 saturated carbocycles. The number of aliphatic hydroxyl groups excluding tert-OH is 1. The lowest BCUT2D eigenvalue weighted by molar-refractivity contribution is -0.146. The summed E-state index contributed by atoms with van der Waals surface area (Å²) in [7, 11) is 1.59. The van der Waals surface area contributed by atoms with Gasteiger partial charge in [0.15, 0.2) is 0 Å². The first-order valence-corrected chi connectivity index (χ1v) is 12.8. The lowest BCUT2D eigenvalue weighted by Gasteiger charge is -2.37. The van der Waals surface area contributed by atoms with Crippen LogP contribution in [-0.4, -0.2) is 64.3 Å². The fraction of sp³-hybridized carbons (Fsp3) is 0.583. The molecule has 3 rings (SSSR count). The number of carboxylic acids is 1. The molecule has 2 N–H and O–H groups in total. The number of fused-ring (bicyclic) bond motifs is 1. The third-order valence-electron chi connectivity index (χ3n) is 6.27. The summed E-state index contributed by atoms with van der Waals surface area (Å²) in [5, 5.41) is 22.0. The molecule has 3 atom stereocenters. The summed E-state index contributed by atoms with van der Waals surface area (Å²) in [6.45, 7) is 4.60. The van der Waals surface area contributed by atoms with Gasteiger partial charge in [0.05, 0.1) is 29.7 Å². The Morgan fingerprint density at radius 3 is 2.94 bits per heavy atom. The van der Waals surface area contributed by atoms with Crippen molar-refractivity contribution in [3.05, 3.63) is 35.0 Å². The molecule has 2 aromatic rings. The molecule has 3 unspecified atom stereocenters. The second-order valence-electron chi connectivity index (χ2n) is 8.40. The molecule has 0 aliphatic carbocycles. The first-order valence-electron chi connectivity index (χ1n) is 11.3. The zero-order chi connectivity index (χ0) is 23.1. The largest absolute Gasteiger partial charge is 0.497 e. The van der Waals surface area contributed by atoms with E-state index >= 15 is 0 Å². The van der Waals surface area contributed by atoms with E-state index in [9.17, 15) is 15.0 Å². The Bertz CT molecular complexity index is 913. The number of carbonyl (C=O) groups is 1. The predicted molar refractivity (Wildman–Crippen MR) is 131 cm³/mol. The van der Waals surface area contributed by atoms with Crippen molar-refractivity contribution in [2.45, 2.75) is 38.7 Å². The van der Waals surface area contributed by atoms with Crippen molar-refractivity contribution < 1.29 is 19.7 Å². The van der Waals surface area contributed by atoms with E-state index in [1.165, 1.54) is 0 Å². The van der Waals surface area contributed by atoms with Gasteiger partial charge < -0.3 is 19.8 Å².